The Balaban J connectivity index is 0.000000381. The maximum Gasteiger partial charge on any atom is 0.345 e. The molecule has 1 aliphatic rings. The number of hydrogen-bond donors (Lipinski definition) is 6. The highest BCUT2D eigenvalue weighted by Crippen LogP contribution is 2.40. The normalized spacial score (nSPS) is 12.1. The number of aryl methyl sites for hydroxylation is 2. The van der Waals surface area contributed by atoms with Crippen LogP contribution in [0.25, 0.3) is 22.8 Å². The molecule has 680 valence electrons. The van der Waals surface area contributed by atoms with E-state index in [4.69, 9.17) is 198 Å². The second-order valence-corrected chi connectivity index (χ2v) is 36.5. The topological polar surface area (TPSA) is 396 Å². The number of anilines is 2. The SMILES string of the molecule is CC(C)(C)OC(=O)Cc1ccc(N)cc1.CC=C(C(=O)OCC)C(=O)OCC.CCOC(=O)C1C(=O)NC(c2c(Cl)cc(Br)cc2Cl)=NC1C.CCOC(=O)c1c(C)nc(-c2c(Cl)cc(Br)cc2Cl)[nH]c1=O.CCOC(=O)c1c(C)nc(-c2c(Cl)cc(Br)cc2Cl)nc1Cl.N#Cc1c(Cl)cc(Br)cc1Cl.N=C(N)c1c(Cl)cc(Br)cc1Cl.Nc1c(Cl)cc(Br)cc1Cl. The fourth-order valence-electron chi connectivity index (χ4n) is 9.83. The van der Waals surface area contributed by atoms with Crippen molar-refractivity contribution in [2.75, 3.05) is 44.5 Å². The minimum absolute atomic E-state index is 0.00370. The monoisotopic (exact) mass is 2380 g/mol. The molecule has 0 fully saturated rings. The van der Waals surface area contributed by atoms with Crippen LogP contribution >= 0.6 is 246 Å². The number of nitrogens with two attached hydrogens (primary N) is 3. The molecule has 127 heavy (non-hydrogen) atoms. The summed E-state index contributed by atoms with van der Waals surface area (Å²) in [6.45, 7) is 21.5. The Hall–Kier alpha value is -6.59. The Bertz CT molecular complexity index is 5530. The number of nitrogens with one attached hydrogen (secondary N) is 3. The van der Waals surface area contributed by atoms with Crippen molar-refractivity contribution in [3.8, 4) is 28.8 Å². The molecular weight excluding hydrogens is 2320 g/mol. The van der Waals surface area contributed by atoms with Crippen LogP contribution in [0.3, 0.4) is 0 Å². The third kappa shape index (κ3) is 36.8. The van der Waals surface area contributed by atoms with Gasteiger partial charge in [-0.1, -0.05) is 265 Å². The molecule has 7 aromatic carbocycles. The third-order valence-corrected chi connectivity index (χ3v) is 21.8. The molecule has 0 radical (unpaired) electrons. The summed E-state index contributed by atoms with van der Waals surface area (Å²) in [4.78, 5) is 113. The lowest BCUT2D eigenvalue weighted by Gasteiger charge is -2.26. The number of rotatable bonds is 16. The van der Waals surface area contributed by atoms with Gasteiger partial charge in [-0.15, -0.1) is 0 Å². The first-order valence-corrected chi connectivity index (χ1v) is 46.0. The van der Waals surface area contributed by atoms with Crippen molar-refractivity contribution < 1.29 is 62.0 Å². The van der Waals surface area contributed by atoms with Crippen molar-refractivity contribution in [1.29, 1.82) is 10.7 Å². The van der Waals surface area contributed by atoms with E-state index in [-0.39, 0.29) is 96.3 Å². The van der Waals surface area contributed by atoms with Crippen LogP contribution in [0.5, 0.6) is 0 Å². The Morgan fingerprint density at radius 2 is 0.906 bits per heavy atom. The summed E-state index contributed by atoms with van der Waals surface area (Å²) in [6.07, 6.45) is 1.67. The average Bonchev–Trinajstić information content (AvgIpc) is 0.795. The molecule has 9 aromatic rings. The van der Waals surface area contributed by atoms with Crippen LogP contribution in [-0.4, -0.2) is 118 Å². The second-order valence-electron chi connectivity index (χ2n) is 25.7. The summed E-state index contributed by atoms with van der Waals surface area (Å²) < 4.78 is 33.7. The number of nitriles is 1. The molecule has 3 heterocycles. The van der Waals surface area contributed by atoms with Gasteiger partial charge >= 0.3 is 35.8 Å². The highest BCUT2D eigenvalue weighted by Gasteiger charge is 2.39. The maximum absolute atomic E-state index is 12.2. The minimum atomic E-state index is -0.975. The van der Waals surface area contributed by atoms with E-state index in [0.29, 0.717) is 114 Å². The molecule has 0 spiro atoms. The predicted octanol–water partition coefficient (Wildman–Crippen LogP) is 25.8. The van der Waals surface area contributed by atoms with E-state index in [9.17, 15) is 38.4 Å². The first-order chi connectivity index (χ1) is 59.3. The number of nitrogens with zero attached hydrogens (tertiary/aromatic N) is 5. The molecule has 10 rings (SSSR count). The quantitative estimate of drug-likeness (QED) is 0.00602. The van der Waals surface area contributed by atoms with E-state index in [1.54, 1.807) is 147 Å². The molecule has 2 atom stereocenters. The molecule has 25 nitrogen and oxygen atoms in total. The van der Waals surface area contributed by atoms with E-state index >= 15 is 0 Å². The second kappa shape index (κ2) is 55.7. The molecule has 1 amide bonds. The number of carbonyl (C=O) groups is 7. The summed E-state index contributed by atoms with van der Waals surface area (Å²) in [5.41, 5.74) is 19.8. The van der Waals surface area contributed by atoms with Crippen molar-refractivity contribution in [2.24, 2.45) is 16.6 Å². The van der Waals surface area contributed by atoms with Crippen LogP contribution in [0.15, 0.2) is 145 Å². The minimum Gasteiger partial charge on any atom is -0.465 e. The van der Waals surface area contributed by atoms with Gasteiger partial charge in [-0.25, -0.2) is 34.1 Å². The van der Waals surface area contributed by atoms with Gasteiger partial charge in [0.25, 0.3) is 5.56 Å². The highest BCUT2D eigenvalue weighted by molar-refractivity contribution is 9.11. The van der Waals surface area contributed by atoms with E-state index in [1.807, 2.05) is 39.0 Å². The summed E-state index contributed by atoms with van der Waals surface area (Å²) in [7, 11) is 0. The number of aliphatic imine (C=N–C) groups is 1. The number of nitrogen functional groups attached to an aromatic ring is 3. The smallest absolute Gasteiger partial charge is 0.345 e. The number of aromatic nitrogens is 4. The van der Waals surface area contributed by atoms with E-state index in [0.717, 1.165) is 23.5 Å². The Morgan fingerprint density at radius 1 is 0.528 bits per heavy atom. The number of halogens is 19. The van der Waals surface area contributed by atoms with Crippen molar-refractivity contribution in [1.82, 2.24) is 25.3 Å². The molecule has 0 bridgehead atoms. The van der Waals surface area contributed by atoms with Crippen LogP contribution in [0.2, 0.25) is 65.4 Å². The van der Waals surface area contributed by atoms with Crippen LogP contribution in [0, 0.1) is 36.5 Å². The molecule has 9 N–H and O–H groups in total. The van der Waals surface area contributed by atoms with Gasteiger partial charge in [0.1, 0.15) is 51.0 Å². The van der Waals surface area contributed by atoms with Crippen molar-refractivity contribution >= 4 is 311 Å². The maximum atomic E-state index is 12.2. The molecule has 0 aliphatic carbocycles. The van der Waals surface area contributed by atoms with Gasteiger partial charge < -0.3 is 55.9 Å². The zero-order chi connectivity index (χ0) is 96.5. The fraction of sp³-hybridized carbons (Fsp3) is 0.253. The van der Waals surface area contributed by atoms with Crippen LogP contribution in [-0.2, 0) is 58.8 Å². The van der Waals surface area contributed by atoms with Crippen LogP contribution < -0.4 is 28.1 Å². The van der Waals surface area contributed by atoms with Gasteiger partial charge in [0, 0.05) is 32.5 Å². The number of carbonyl (C=O) groups excluding carboxylic acids is 7. The lowest BCUT2D eigenvalue weighted by Crippen LogP contribution is -2.49. The molecule has 2 aromatic heterocycles. The summed E-state index contributed by atoms with van der Waals surface area (Å²) >= 11 is 97.0. The molecule has 0 saturated carbocycles. The highest BCUT2D eigenvalue weighted by atomic mass is 79.9. The number of allylic oxidation sites excluding steroid dienone is 1. The van der Waals surface area contributed by atoms with E-state index < -0.39 is 58.9 Å². The van der Waals surface area contributed by atoms with Gasteiger partial charge in [0.2, 0.25) is 5.91 Å². The summed E-state index contributed by atoms with van der Waals surface area (Å²) in [5, 5.41) is 22.8. The number of hydrogen-bond acceptors (Lipinski definition) is 22. The Labute approximate surface area is 847 Å². The van der Waals surface area contributed by atoms with Crippen LogP contribution in [0.1, 0.15) is 124 Å². The molecule has 0 saturated heterocycles. The number of aromatic amines is 1. The van der Waals surface area contributed by atoms with Crippen molar-refractivity contribution in [2.45, 2.75) is 101 Å². The van der Waals surface area contributed by atoms with E-state index in [2.05, 4.69) is 135 Å². The number of amidine groups is 2. The van der Waals surface area contributed by atoms with Gasteiger partial charge in [-0.3, -0.25) is 29.6 Å². The zero-order valence-electron chi connectivity index (χ0n) is 68.6. The van der Waals surface area contributed by atoms with Gasteiger partial charge in [-0.2, -0.15) is 5.26 Å². The average molecular weight is 2390 g/mol. The summed E-state index contributed by atoms with van der Waals surface area (Å²) in [6, 6.07) is 28.4. The zero-order valence-corrected chi connectivity index (χ0v) is 87.9. The molecule has 44 heteroatoms. The number of ether oxygens (including phenoxy) is 6. The lowest BCUT2D eigenvalue weighted by molar-refractivity contribution is -0.154. The predicted molar refractivity (Wildman–Crippen MR) is 528 cm³/mol. The standard InChI is InChI=1S/C14H10BrCl3N2O2.C14H13BrCl2N2O3.C14H11BrCl2N2O3.C12H17NO2.C9H14O4.C7H5BrCl2N2.C7H2BrCl2N.C6H4BrCl2N/c1-3-22-14(21)10-6(2)19-13(20-12(10)18)11-8(16)4-7(15)5-9(11)17;2*1-3-22-14(21)10-6(2)18-12(19-13(10)20)11-8(16)4-7(15)5-9(11)17;1-12(2,3)15-11(14)8-9-4-6-10(13)7-5-9;1-4-7(8(10)12-5-2)9(11)13-6-3;8-3-1-4(9)6(7(11)12)5(10)2-3;8-4-1-6(9)5(3-11)7(10)2-4;7-3-1-4(8)6(10)5(9)2-3/h4-5H,3H2,1-2H3;4-6,10H,3H2,1-2H3,(H,18,19,20);4-5H,3H2,1-2H3,(H,18,19,20);4-7H,8,13H2,1-3H3;4H,5-6H2,1-3H3;1-2H,(H3,11,12);1-2H;1-2H,10H2. The molecule has 2 unspecified atom stereocenters. The van der Waals surface area contributed by atoms with E-state index in [1.165, 1.54) is 6.08 Å². The van der Waals surface area contributed by atoms with Crippen molar-refractivity contribution in [3.63, 3.8) is 0 Å². The first-order valence-electron chi connectivity index (χ1n) is 36.4. The van der Waals surface area contributed by atoms with Crippen LogP contribution in [0.4, 0.5) is 11.4 Å². The number of benzene rings is 7. The number of H-pyrrole nitrogens is 1. The Kier molecular flexibility index (Phi) is 50.2. The van der Waals surface area contributed by atoms with Gasteiger partial charge in [0.05, 0.1) is 151 Å². The third-order valence-electron chi connectivity index (χ3n) is 15.2. The Morgan fingerprint density at radius 3 is 1.28 bits per heavy atom. The largest absolute Gasteiger partial charge is 0.465 e. The lowest BCUT2D eigenvalue weighted by atomic mass is 9.98. The molecular formula is C83H76Br6Cl13N11O14. The molecule has 1 aliphatic heterocycles. The number of esters is 6. The van der Waals surface area contributed by atoms with Gasteiger partial charge in [-0.05, 0) is 174 Å². The summed E-state index contributed by atoms with van der Waals surface area (Å²) in [5.74, 6) is -4.25. The van der Waals surface area contributed by atoms with Crippen molar-refractivity contribution in [3.05, 3.63) is 256 Å². The van der Waals surface area contributed by atoms with Gasteiger partial charge in [0.15, 0.2) is 11.7 Å². The number of amides is 1. The fourth-order valence-corrected chi connectivity index (χ4v) is 18.2. The first kappa shape index (κ1) is 115.